The molecule has 0 aliphatic heterocycles. The van der Waals surface area contributed by atoms with E-state index in [1.165, 1.54) is 42.5 Å². The van der Waals surface area contributed by atoms with E-state index in [2.05, 4.69) is 14.8 Å². The van der Waals surface area contributed by atoms with Crippen molar-refractivity contribution in [3.63, 3.8) is 0 Å². The van der Waals surface area contributed by atoms with E-state index in [9.17, 15) is 22.7 Å². The van der Waals surface area contributed by atoms with Crippen molar-refractivity contribution in [3.05, 3.63) is 71.7 Å². The molecule has 1 amide bonds. The summed E-state index contributed by atoms with van der Waals surface area (Å²) in [5.41, 5.74) is 0.323. The van der Waals surface area contributed by atoms with Crippen LogP contribution in [-0.2, 0) is 20.8 Å². The molecule has 0 bridgehead atoms. The van der Waals surface area contributed by atoms with Crippen LogP contribution >= 0.6 is 0 Å². The lowest BCUT2D eigenvalue weighted by molar-refractivity contribution is -0.133. The number of nitrogens with one attached hydrogen (secondary N) is 2. The van der Waals surface area contributed by atoms with E-state index in [4.69, 9.17) is 0 Å². The molecular weight excluding hydrogens is 363 g/mol. The number of carbonyl (C=O) groups is 2. The maximum absolute atomic E-state index is 13.9. The molecule has 0 saturated carbocycles. The Morgan fingerprint density at radius 3 is 2.38 bits per heavy atom. The van der Waals surface area contributed by atoms with Gasteiger partial charge in [0, 0.05) is 34.3 Å². The van der Waals surface area contributed by atoms with Crippen LogP contribution in [0.1, 0.15) is 15.9 Å². The number of carbonyl (C=O) groups excluding carboxylic acids is 2. The van der Waals surface area contributed by atoms with Crippen LogP contribution in [0.25, 0.3) is 5.57 Å². The van der Waals surface area contributed by atoms with Gasteiger partial charge in [0.25, 0.3) is 5.91 Å². The van der Waals surface area contributed by atoms with Gasteiger partial charge in [-0.3, -0.25) is 9.00 Å². The molecule has 9 heteroatoms. The van der Waals surface area contributed by atoms with Crippen LogP contribution in [-0.4, -0.2) is 27.7 Å². The van der Waals surface area contributed by atoms with Crippen molar-refractivity contribution in [2.75, 3.05) is 11.8 Å². The minimum absolute atomic E-state index is 0.0166. The molecule has 0 radical (unpaired) electrons. The molecule has 1 unspecified atom stereocenters. The van der Waals surface area contributed by atoms with E-state index in [0.717, 1.165) is 13.3 Å². The normalized spacial score (nSPS) is 12.2. The monoisotopic (exact) mass is 377 g/mol. The van der Waals surface area contributed by atoms with E-state index in [1.807, 2.05) is 0 Å². The van der Waals surface area contributed by atoms with Crippen molar-refractivity contribution in [2.45, 2.75) is 0 Å². The summed E-state index contributed by atoms with van der Waals surface area (Å²) in [6.07, 6.45) is 1.06. The fraction of sp³-hybridized carbons (Fsp3) is 0.0588. The van der Waals surface area contributed by atoms with Gasteiger partial charge < -0.3 is 19.3 Å². The number of rotatable bonds is 6. The fourth-order valence-electron chi connectivity index (χ4n) is 2.04. The van der Waals surface area contributed by atoms with Gasteiger partial charge in [-0.1, -0.05) is 18.2 Å². The number of methoxy groups -OCH3 is 1. The highest BCUT2D eigenvalue weighted by molar-refractivity contribution is 7.80. The molecule has 0 aliphatic rings. The van der Waals surface area contributed by atoms with Crippen LogP contribution in [0.4, 0.5) is 10.1 Å². The Kier molecular flexibility index (Phi) is 6.59. The number of ether oxygens (including phenoxy) is 1. The first-order valence-corrected chi connectivity index (χ1v) is 8.30. The molecule has 2 N–H and O–H groups in total. The second-order valence-corrected chi connectivity index (χ2v) is 5.59. The van der Waals surface area contributed by atoms with Gasteiger partial charge in [0.05, 0.1) is 12.7 Å². The van der Waals surface area contributed by atoms with Crippen molar-refractivity contribution in [2.24, 2.45) is 0 Å². The summed E-state index contributed by atoms with van der Waals surface area (Å²) in [5, 5.41) is 2.39. The quantitative estimate of drug-likeness (QED) is 0.455. The smallest absolute Gasteiger partial charge is 0.340 e. The minimum atomic E-state index is -2.47. The first-order chi connectivity index (χ1) is 12.4. The molecule has 0 fully saturated rings. The van der Waals surface area contributed by atoms with Crippen molar-refractivity contribution in [1.82, 2.24) is 5.32 Å². The van der Waals surface area contributed by atoms with Crippen LogP contribution < -0.4 is 10.0 Å². The number of benzene rings is 2. The summed E-state index contributed by atoms with van der Waals surface area (Å²) in [6.45, 7) is 0. The van der Waals surface area contributed by atoms with Crippen molar-refractivity contribution in [3.8, 4) is 0 Å². The zero-order valence-electron chi connectivity index (χ0n) is 13.5. The van der Waals surface area contributed by atoms with Gasteiger partial charge in [-0.25, -0.2) is 9.18 Å². The van der Waals surface area contributed by atoms with Gasteiger partial charge in [0.15, 0.2) is 0 Å². The summed E-state index contributed by atoms with van der Waals surface area (Å²) >= 11 is -2.47. The largest absolute Gasteiger partial charge is 0.755 e. The third kappa shape index (κ3) is 4.98. The highest BCUT2D eigenvalue weighted by Crippen LogP contribution is 2.19. The molecule has 0 aromatic heterocycles. The number of hydrogen-bond donors (Lipinski definition) is 2. The van der Waals surface area contributed by atoms with Gasteiger partial charge in [-0.05, 0) is 30.3 Å². The van der Waals surface area contributed by atoms with E-state index >= 15 is 0 Å². The predicted molar refractivity (Wildman–Crippen MR) is 92.8 cm³/mol. The lowest BCUT2D eigenvalue weighted by atomic mass is 10.1. The van der Waals surface area contributed by atoms with Crippen LogP contribution in [0.3, 0.4) is 0 Å². The van der Waals surface area contributed by atoms with Gasteiger partial charge in [0.2, 0.25) is 0 Å². The highest BCUT2D eigenvalue weighted by atomic mass is 32.2. The lowest BCUT2D eigenvalue weighted by Crippen LogP contribution is -2.19. The fourth-order valence-corrected chi connectivity index (χ4v) is 2.37. The van der Waals surface area contributed by atoms with Crippen LogP contribution in [0.15, 0.2) is 54.7 Å². The summed E-state index contributed by atoms with van der Waals surface area (Å²) in [7, 11) is 1.14. The third-order valence-corrected chi connectivity index (χ3v) is 3.67. The van der Waals surface area contributed by atoms with E-state index in [0.29, 0.717) is 0 Å². The van der Waals surface area contributed by atoms with Crippen LogP contribution in [0.5, 0.6) is 0 Å². The Labute approximate surface area is 151 Å². The lowest BCUT2D eigenvalue weighted by Gasteiger charge is -2.09. The molecule has 0 saturated heterocycles. The molecule has 1 atom stereocenters. The van der Waals surface area contributed by atoms with Crippen molar-refractivity contribution >= 4 is 34.4 Å². The van der Waals surface area contributed by atoms with Gasteiger partial charge in [-0.15, -0.1) is 0 Å². The Morgan fingerprint density at radius 2 is 1.81 bits per heavy atom. The molecule has 0 aliphatic carbocycles. The zero-order chi connectivity index (χ0) is 19.1. The van der Waals surface area contributed by atoms with Crippen molar-refractivity contribution < 1.29 is 27.5 Å². The Bertz CT molecular complexity index is 868. The summed E-state index contributed by atoms with van der Waals surface area (Å²) in [4.78, 5) is 24.1. The molecule has 2 aromatic rings. The number of halogens is 1. The summed E-state index contributed by atoms with van der Waals surface area (Å²) in [6, 6.07) is 11.1. The topological polar surface area (TPSA) is 108 Å². The molecule has 2 rings (SSSR count). The van der Waals surface area contributed by atoms with Gasteiger partial charge in [0.1, 0.15) is 5.82 Å². The molecular formula is C17H14FN2O5S-. The summed E-state index contributed by atoms with van der Waals surface area (Å²) < 4.78 is 41.8. The second kappa shape index (κ2) is 8.88. The maximum Gasteiger partial charge on any atom is 0.340 e. The second-order valence-electron chi connectivity index (χ2n) is 4.92. The number of amides is 1. The number of hydrogen-bond acceptors (Lipinski definition) is 5. The number of anilines is 1. The summed E-state index contributed by atoms with van der Waals surface area (Å²) in [5.74, 6) is -2.02. The molecule has 0 spiro atoms. The van der Waals surface area contributed by atoms with Gasteiger partial charge in [-0.2, -0.15) is 0 Å². The molecule has 2 aromatic carbocycles. The molecule has 136 valence electrons. The molecule has 0 heterocycles. The van der Waals surface area contributed by atoms with E-state index in [1.54, 1.807) is 6.07 Å². The molecule has 7 nitrogen and oxygen atoms in total. The first kappa shape index (κ1) is 19.3. The highest BCUT2D eigenvalue weighted by Gasteiger charge is 2.17. The Morgan fingerprint density at radius 1 is 1.15 bits per heavy atom. The zero-order valence-corrected chi connectivity index (χ0v) is 14.3. The van der Waals surface area contributed by atoms with Crippen LogP contribution in [0.2, 0.25) is 0 Å². The maximum atomic E-state index is 13.9. The Hall–Kier alpha value is -3.04. The standard InChI is InChI=1S/C17H15FN2O5S/c1-25-17(22)14(13-4-2-3-5-15(13)18)10-19-16(21)11-6-8-12(9-7-11)20-26(23)24/h2-10,20H,1H3,(H,19,21)(H,23,24)/p-1/b14-10-. The molecule has 26 heavy (non-hydrogen) atoms. The SMILES string of the molecule is COC(=O)/C(=C\NC(=O)c1ccc(NS(=O)[O-])cc1)c1ccccc1F. The average Bonchev–Trinajstić information content (AvgIpc) is 2.62. The van der Waals surface area contributed by atoms with Crippen LogP contribution in [0, 0.1) is 5.82 Å². The Balaban J connectivity index is 2.21. The van der Waals surface area contributed by atoms with Crippen molar-refractivity contribution in [1.29, 1.82) is 0 Å². The third-order valence-electron chi connectivity index (χ3n) is 3.27. The average molecular weight is 377 g/mol. The van der Waals surface area contributed by atoms with Gasteiger partial charge >= 0.3 is 5.97 Å². The van der Waals surface area contributed by atoms with E-state index < -0.39 is 29.0 Å². The minimum Gasteiger partial charge on any atom is -0.755 e. The first-order valence-electron chi connectivity index (χ1n) is 7.22. The predicted octanol–water partition coefficient (Wildman–Crippen LogP) is 1.98. The number of esters is 1. The van der Waals surface area contributed by atoms with E-state index in [-0.39, 0.29) is 22.4 Å².